The maximum absolute atomic E-state index is 12.4. The third-order valence-corrected chi connectivity index (χ3v) is 5.45. The number of hydrogen-bond donors (Lipinski definition) is 2. The molecule has 2 amide bonds. The van der Waals surface area contributed by atoms with Crippen LogP contribution in [0.1, 0.15) is 26.3 Å². The summed E-state index contributed by atoms with van der Waals surface area (Å²) < 4.78 is 63.2. The Morgan fingerprint density at radius 3 is 2.04 bits per heavy atom. The summed E-state index contributed by atoms with van der Waals surface area (Å²) in [6.45, 7) is 1.27. The molecule has 0 bridgehead atoms. The molecule has 0 unspecified atom stereocenters. The van der Waals surface area contributed by atoms with E-state index >= 15 is 0 Å². The van der Waals surface area contributed by atoms with Crippen LogP contribution in [0.5, 0.6) is 0 Å². The van der Waals surface area contributed by atoms with Crippen molar-refractivity contribution in [2.75, 3.05) is 5.32 Å². The second-order valence-electron chi connectivity index (χ2n) is 5.13. The standard InChI is InChI=1S/C15H11F3N2O5S2/c1-8(21)19-9-2-4-10(5-3-9)27(24,25)20-14(23)12-7-6-11(26-12)13(22)15(16,17)18/h2-7H,1H3,(H,19,21)(H,20,23). The van der Waals surface area contributed by atoms with Gasteiger partial charge in [0.1, 0.15) is 0 Å². The molecule has 0 saturated carbocycles. The summed E-state index contributed by atoms with van der Waals surface area (Å²) in [7, 11) is -4.31. The molecular weight excluding hydrogens is 409 g/mol. The van der Waals surface area contributed by atoms with Crippen LogP contribution >= 0.6 is 11.3 Å². The lowest BCUT2D eigenvalue weighted by atomic mass is 10.3. The maximum atomic E-state index is 12.4. The number of sulfonamides is 1. The summed E-state index contributed by atoms with van der Waals surface area (Å²) in [4.78, 5) is 32.7. The minimum atomic E-state index is -5.10. The highest BCUT2D eigenvalue weighted by molar-refractivity contribution is 7.90. The monoisotopic (exact) mass is 420 g/mol. The van der Waals surface area contributed by atoms with E-state index in [0.29, 0.717) is 5.69 Å². The lowest BCUT2D eigenvalue weighted by Crippen LogP contribution is -2.30. The summed E-state index contributed by atoms with van der Waals surface area (Å²) in [5.41, 5.74) is 0.335. The van der Waals surface area contributed by atoms with Gasteiger partial charge in [-0.05, 0) is 36.4 Å². The summed E-state index contributed by atoms with van der Waals surface area (Å²) in [6, 6.07) is 6.58. The van der Waals surface area contributed by atoms with E-state index in [9.17, 15) is 36.0 Å². The van der Waals surface area contributed by atoms with Gasteiger partial charge in [-0.25, -0.2) is 13.1 Å². The van der Waals surface area contributed by atoms with Crippen molar-refractivity contribution in [3.05, 3.63) is 46.2 Å². The number of halogens is 3. The number of amides is 2. The average Bonchev–Trinajstić information content (AvgIpc) is 3.02. The predicted octanol–water partition coefficient (Wildman–Crippen LogP) is 2.57. The van der Waals surface area contributed by atoms with Crippen molar-refractivity contribution in [3.8, 4) is 0 Å². The first-order valence-electron chi connectivity index (χ1n) is 7.06. The molecule has 0 aliphatic rings. The molecule has 0 aliphatic heterocycles. The Labute approximate surface area is 155 Å². The van der Waals surface area contributed by atoms with Gasteiger partial charge in [0.2, 0.25) is 5.91 Å². The first kappa shape index (κ1) is 20.6. The summed E-state index contributed by atoms with van der Waals surface area (Å²) in [5.74, 6) is -3.66. The third-order valence-electron chi connectivity index (χ3n) is 3.02. The molecular formula is C15H11F3N2O5S2. The highest BCUT2D eigenvalue weighted by atomic mass is 32.2. The van der Waals surface area contributed by atoms with Gasteiger partial charge in [0.05, 0.1) is 14.6 Å². The first-order valence-corrected chi connectivity index (χ1v) is 9.36. The number of carbonyl (C=O) groups excluding carboxylic acids is 3. The average molecular weight is 420 g/mol. The largest absolute Gasteiger partial charge is 0.455 e. The van der Waals surface area contributed by atoms with E-state index in [1.54, 1.807) is 4.72 Å². The van der Waals surface area contributed by atoms with E-state index < -0.39 is 32.8 Å². The third kappa shape index (κ3) is 5.14. The Hall–Kier alpha value is -2.73. The number of nitrogens with one attached hydrogen (secondary N) is 2. The zero-order valence-corrected chi connectivity index (χ0v) is 15.1. The minimum absolute atomic E-state index is 0.228. The molecule has 2 N–H and O–H groups in total. The number of carbonyl (C=O) groups is 3. The maximum Gasteiger partial charge on any atom is 0.455 e. The summed E-state index contributed by atoms with van der Waals surface area (Å²) in [6.07, 6.45) is -5.10. The van der Waals surface area contributed by atoms with Gasteiger partial charge in [-0.1, -0.05) is 0 Å². The molecule has 0 saturated heterocycles. The fourth-order valence-corrected chi connectivity index (χ4v) is 3.77. The molecule has 0 fully saturated rings. The van der Waals surface area contributed by atoms with Gasteiger partial charge in [0, 0.05) is 12.6 Å². The SMILES string of the molecule is CC(=O)Nc1ccc(S(=O)(=O)NC(=O)c2ccc(C(=O)C(F)(F)F)s2)cc1. The number of rotatable bonds is 5. The van der Waals surface area contributed by atoms with E-state index in [1.165, 1.54) is 19.1 Å². The summed E-state index contributed by atoms with van der Waals surface area (Å²) >= 11 is 0.228. The van der Waals surface area contributed by atoms with Crippen molar-refractivity contribution in [1.82, 2.24) is 4.72 Å². The quantitative estimate of drug-likeness (QED) is 0.723. The molecule has 144 valence electrons. The van der Waals surface area contributed by atoms with Gasteiger partial charge in [-0.2, -0.15) is 13.2 Å². The molecule has 2 aromatic rings. The number of ketones is 1. The Morgan fingerprint density at radius 2 is 1.52 bits per heavy atom. The summed E-state index contributed by atoms with van der Waals surface area (Å²) in [5, 5.41) is 2.43. The van der Waals surface area contributed by atoms with E-state index in [1.807, 2.05) is 0 Å². The molecule has 1 heterocycles. The van der Waals surface area contributed by atoms with Gasteiger partial charge in [0.15, 0.2) is 0 Å². The molecule has 1 aromatic heterocycles. The van der Waals surface area contributed by atoms with E-state index in [2.05, 4.69) is 5.32 Å². The van der Waals surface area contributed by atoms with Crippen molar-refractivity contribution in [2.45, 2.75) is 18.0 Å². The van der Waals surface area contributed by atoms with Crippen molar-refractivity contribution < 1.29 is 36.0 Å². The second-order valence-corrected chi connectivity index (χ2v) is 7.90. The van der Waals surface area contributed by atoms with Crippen LogP contribution in [0.4, 0.5) is 18.9 Å². The molecule has 1 aromatic carbocycles. The fraction of sp³-hybridized carbons (Fsp3) is 0.133. The van der Waals surface area contributed by atoms with Crippen LogP contribution in [0.25, 0.3) is 0 Å². The zero-order valence-electron chi connectivity index (χ0n) is 13.5. The molecule has 0 spiro atoms. The van der Waals surface area contributed by atoms with Gasteiger partial charge in [0.25, 0.3) is 21.7 Å². The minimum Gasteiger partial charge on any atom is -0.326 e. The van der Waals surface area contributed by atoms with Crippen LogP contribution in [-0.4, -0.2) is 32.2 Å². The smallest absolute Gasteiger partial charge is 0.326 e. The van der Waals surface area contributed by atoms with Crippen molar-refractivity contribution in [3.63, 3.8) is 0 Å². The Morgan fingerprint density at radius 1 is 0.963 bits per heavy atom. The molecule has 12 heteroatoms. The van der Waals surface area contributed by atoms with Gasteiger partial charge < -0.3 is 5.32 Å². The molecule has 7 nitrogen and oxygen atoms in total. The predicted molar refractivity (Wildman–Crippen MR) is 90.1 cm³/mol. The van der Waals surface area contributed by atoms with Crippen molar-refractivity contribution in [2.24, 2.45) is 0 Å². The lowest BCUT2D eigenvalue weighted by Gasteiger charge is -2.07. The molecule has 27 heavy (non-hydrogen) atoms. The van der Waals surface area contributed by atoms with Crippen LogP contribution in [0.3, 0.4) is 0 Å². The van der Waals surface area contributed by atoms with Gasteiger partial charge in [-0.3, -0.25) is 14.4 Å². The fourth-order valence-electron chi connectivity index (χ4n) is 1.87. The molecule has 0 atom stereocenters. The number of alkyl halides is 3. The van der Waals surface area contributed by atoms with Crippen LogP contribution in [-0.2, 0) is 14.8 Å². The Balaban J connectivity index is 2.16. The highest BCUT2D eigenvalue weighted by Gasteiger charge is 2.40. The second kappa shape index (κ2) is 7.48. The van der Waals surface area contributed by atoms with Crippen molar-refractivity contribution in [1.29, 1.82) is 0 Å². The van der Waals surface area contributed by atoms with E-state index in [0.717, 1.165) is 24.3 Å². The number of thiophene rings is 1. The van der Waals surface area contributed by atoms with E-state index in [4.69, 9.17) is 0 Å². The molecule has 0 radical (unpaired) electrons. The molecule has 2 rings (SSSR count). The van der Waals surface area contributed by atoms with Crippen LogP contribution in [0, 0.1) is 0 Å². The highest BCUT2D eigenvalue weighted by Crippen LogP contribution is 2.26. The van der Waals surface area contributed by atoms with Crippen LogP contribution in [0.2, 0.25) is 0 Å². The number of hydrogen-bond acceptors (Lipinski definition) is 6. The number of Topliss-reactive ketones (excluding diaryl/α,β-unsaturated/α-hetero) is 1. The normalized spacial score (nSPS) is 11.7. The van der Waals surface area contributed by atoms with Crippen LogP contribution in [0.15, 0.2) is 41.3 Å². The lowest BCUT2D eigenvalue weighted by molar-refractivity contribution is -0.114. The Kier molecular flexibility index (Phi) is 5.70. The van der Waals surface area contributed by atoms with E-state index in [-0.39, 0.29) is 27.0 Å². The Bertz CT molecular complexity index is 995. The molecule has 0 aliphatic carbocycles. The number of anilines is 1. The van der Waals surface area contributed by atoms with Gasteiger partial charge >= 0.3 is 6.18 Å². The zero-order chi connectivity index (χ0) is 20.4. The van der Waals surface area contributed by atoms with Gasteiger partial charge in [-0.15, -0.1) is 11.3 Å². The van der Waals surface area contributed by atoms with Crippen LogP contribution < -0.4 is 10.0 Å². The topological polar surface area (TPSA) is 109 Å². The van der Waals surface area contributed by atoms with Crippen molar-refractivity contribution >= 4 is 44.6 Å². The first-order chi connectivity index (χ1) is 12.4. The number of benzene rings is 1.